The van der Waals surface area contributed by atoms with Crippen molar-refractivity contribution in [2.24, 2.45) is 5.10 Å². The molecule has 0 saturated carbocycles. The Balaban J connectivity index is 1.52. The Labute approximate surface area is 182 Å². The van der Waals surface area contributed by atoms with Crippen LogP contribution in [0.2, 0.25) is 0 Å². The van der Waals surface area contributed by atoms with E-state index in [1.54, 1.807) is 35.8 Å². The van der Waals surface area contributed by atoms with Gasteiger partial charge < -0.3 is 18.6 Å². The summed E-state index contributed by atoms with van der Waals surface area (Å²) in [5.41, 5.74) is 1.14. The van der Waals surface area contributed by atoms with Crippen LogP contribution in [0.3, 0.4) is 0 Å². The zero-order chi connectivity index (χ0) is 21.8. The van der Waals surface area contributed by atoms with Crippen molar-refractivity contribution in [2.75, 3.05) is 20.8 Å². The summed E-state index contributed by atoms with van der Waals surface area (Å²) in [5.74, 6) is 0.493. The molecule has 4 rings (SSSR count). The van der Waals surface area contributed by atoms with Crippen molar-refractivity contribution in [3.05, 3.63) is 70.3 Å². The first-order chi connectivity index (χ1) is 15.1. The standard InChI is InChI=1S/C22H20N2O6S/c1-27-19-11-14(22(26)28-2)7-8-18(19)30-13-21(25)24-16(17-5-3-9-29-17)12-15(23-24)20-6-4-10-31-20/h3-11,16H,12-13H2,1-2H3/t16-/m0/s1. The quantitative estimate of drug-likeness (QED) is 0.518. The normalized spacial score (nSPS) is 15.5. The molecule has 0 aliphatic carbocycles. The lowest BCUT2D eigenvalue weighted by Crippen LogP contribution is -2.31. The number of methoxy groups -OCH3 is 2. The van der Waals surface area contributed by atoms with E-state index in [4.69, 9.17) is 18.6 Å². The maximum atomic E-state index is 13.0. The summed E-state index contributed by atoms with van der Waals surface area (Å²) in [7, 11) is 2.75. The Morgan fingerprint density at radius 2 is 2.06 bits per heavy atom. The Morgan fingerprint density at radius 1 is 1.19 bits per heavy atom. The smallest absolute Gasteiger partial charge is 0.337 e. The zero-order valence-electron chi connectivity index (χ0n) is 16.9. The Hall–Kier alpha value is -3.59. The Bertz CT molecular complexity index is 1090. The molecule has 0 fully saturated rings. The molecular formula is C22H20N2O6S. The molecule has 8 nitrogen and oxygen atoms in total. The van der Waals surface area contributed by atoms with Crippen molar-refractivity contribution in [3.8, 4) is 11.5 Å². The lowest BCUT2D eigenvalue weighted by molar-refractivity contribution is -0.135. The topological polar surface area (TPSA) is 90.6 Å². The number of carbonyl (C=O) groups excluding carboxylic acids is 2. The molecule has 0 saturated heterocycles. The van der Waals surface area contributed by atoms with E-state index in [9.17, 15) is 9.59 Å². The molecule has 1 aliphatic heterocycles. The van der Waals surface area contributed by atoms with Gasteiger partial charge in [-0.3, -0.25) is 4.79 Å². The average molecular weight is 440 g/mol. The fourth-order valence-electron chi connectivity index (χ4n) is 3.27. The summed E-state index contributed by atoms with van der Waals surface area (Å²) >= 11 is 1.57. The highest BCUT2D eigenvalue weighted by molar-refractivity contribution is 7.12. The van der Waals surface area contributed by atoms with Crippen LogP contribution in [-0.4, -0.2) is 43.4 Å². The second-order valence-electron chi connectivity index (χ2n) is 6.64. The molecule has 2 aromatic heterocycles. The van der Waals surface area contributed by atoms with Crippen LogP contribution in [-0.2, 0) is 9.53 Å². The molecule has 9 heteroatoms. The van der Waals surface area contributed by atoms with Crippen molar-refractivity contribution in [1.82, 2.24) is 5.01 Å². The van der Waals surface area contributed by atoms with Gasteiger partial charge in [-0.15, -0.1) is 11.3 Å². The first-order valence-corrected chi connectivity index (χ1v) is 10.3. The molecule has 1 atom stereocenters. The predicted octanol–water partition coefficient (Wildman–Crippen LogP) is 3.89. The van der Waals surface area contributed by atoms with Gasteiger partial charge >= 0.3 is 5.97 Å². The molecule has 160 valence electrons. The van der Waals surface area contributed by atoms with Gasteiger partial charge in [-0.05, 0) is 41.8 Å². The maximum Gasteiger partial charge on any atom is 0.337 e. The molecule has 1 amide bonds. The summed E-state index contributed by atoms with van der Waals surface area (Å²) in [4.78, 5) is 25.7. The van der Waals surface area contributed by atoms with Gasteiger partial charge in [0.2, 0.25) is 0 Å². The highest BCUT2D eigenvalue weighted by Crippen LogP contribution is 2.34. The van der Waals surface area contributed by atoms with Crippen molar-refractivity contribution in [3.63, 3.8) is 0 Å². The van der Waals surface area contributed by atoms with Gasteiger partial charge in [0.05, 0.1) is 36.6 Å². The average Bonchev–Trinajstić information content (AvgIpc) is 3.56. The molecule has 0 unspecified atom stereocenters. The SMILES string of the molecule is COC(=O)c1ccc(OCC(=O)N2N=C(c3cccs3)C[C@H]2c2ccco2)c(OC)c1. The molecule has 1 aromatic carbocycles. The number of benzene rings is 1. The first kappa shape index (κ1) is 20.7. The van der Waals surface area contributed by atoms with E-state index in [1.807, 2.05) is 23.6 Å². The van der Waals surface area contributed by atoms with Crippen LogP contribution in [0.5, 0.6) is 11.5 Å². The number of carbonyl (C=O) groups is 2. The lowest BCUT2D eigenvalue weighted by atomic mass is 10.1. The van der Waals surface area contributed by atoms with Crippen LogP contribution in [0.1, 0.15) is 33.5 Å². The molecule has 0 spiro atoms. The third-order valence-corrected chi connectivity index (χ3v) is 5.70. The number of hydrogen-bond acceptors (Lipinski definition) is 8. The van der Waals surface area contributed by atoms with Gasteiger partial charge in [-0.1, -0.05) is 6.07 Å². The first-order valence-electron chi connectivity index (χ1n) is 9.46. The van der Waals surface area contributed by atoms with Crippen molar-refractivity contribution >= 4 is 28.9 Å². The van der Waals surface area contributed by atoms with Crippen molar-refractivity contribution < 1.29 is 28.2 Å². The van der Waals surface area contributed by atoms with Crippen LogP contribution < -0.4 is 9.47 Å². The van der Waals surface area contributed by atoms with Crippen LogP contribution in [0.15, 0.2) is 63.6 Å². The fourth-order valence-corrected chi connectivity index (χ4v) is 3.99. The number of furan rings is 1. The highest BCUT2D eigenvalue weighted by atomic mass is 32.1. The number of thiophene rings is 1. The van der Waals surface area contributed by atoms with Crippen LogP contribution >= 0.6 is 11.3 Å². The van der Waals surface area contributed by atoms with E-state index in [2.05, 4.69) is 5.10 Å². The lowest BCUT2D eigenvalue weighted by Gasteiger charge is -2.20. The molecule has 0 N–H and O–H groups in total. The van der Waals surface area contributed by atoms with Crippen molar-refractivity contribution in [2.45, 2.75) is 12.5 Å². The number of hydrazone groups is 1. The fraction of sp³-hybridized carbons (Fsp3) is 0.227. The van der Waals surface area contributed by atoms with Gasteiger partial charge in [0, 0.05) is 6.42 Å². The number of ether oxygens (including phenoxy) is 3. The van der Waals surface area contributed by atoms with Crippen LogP contribution in [0.4, 0.5) is 0 Å². The Kier molecular flexibility index (Phi) is 6.03. The summed E-state index contributed by atoms with van der Waals surface area (Å²) in [6.45, 7) is -0.258. The molecule has 0 bridgehead atoms. The number of esters is 1. The summed E-state index contributed by atoms with van der Waals surface area (Å²) in [6.07, 6.45) is 2.13. The van der Waals surface area contributed by atoms with E-state index >= 15 is 0 Å². The van der Waals surface area contributed by atoms with Crippen molar-refractivity contribution in [1.29, 1.82) is 0 Å². The zero-order valence-corrected chi connectivity index (χ0v) is 17.8. The molecule has 3 aromatic rings. The van der Waals surface area contributed by atoms with E-state index in [0.29, 0.717) is 29.2 Å². The van der Waals surface area contributed by atoms with E-state index < -0.39 is 5.97 Å². The minimum atomic E-state index is -0.491. The number of amides is 1. The second kappa shape index (κ2) is 9.05. The minimum absolute atomic E-state index is 0.258. The molecule has 3 heterocycles. The third kappa shape index (κ3) is 4.31. The van der Waals surface area contributed by atoms with Crippen LogP contribution in [0, 0.1) is 0 Å². The molecular weight excluding hydrogens is 420 g/mol. The van der Waals surface area contributed by atoms with E-state index in [0.717, 1.165) is 10.6 Å². The van der Waals surface area contributed by atoms with E-state index in [1.165, 1.54) is 25.3 Å². The van der Waals surface area contributed by atoms with Gasteiger partial charge in [0.1, 0.15) is 11.8 Å². The van der Waals surface area contributed by atoms with Gasteiger partial charge in [0.25, 0.3) is 5.91 Å². The number of rotatable bonds is 7. The predicted molar refractivity (Wildman–Crippen MR) is 114 cm³/mol. The maximum absolute atomic E-state index is 13.0. The van der Waals surface area contributed by atoms with E-state index in [-0.39, 0.29) is 18.6 Å². The molecule has 0 radical (unpaired) electrons. The highest BCUT2D eigenvalue weighted by Gasteiger charge is 2.35. The molecule has 31 heavy (non-hydrogen) atoms. The van der Waals surface area contributed by atoms with Gasteiger partial charge in [-0.25, -0.2) is 9.80 Å². The largest absolute Gasteiger partial charge is 0.493 e. The number of nitrogens with zero attached hydrogens (tertiary/aromatic N) is 2. The van der Waals surface area contributed by atoms with Gasteiger partial charge in [-0.2, -0.15) is 5.10 Å². The second-order valence-corrected chi connectivity index (χ2v) is 7.59. The summed E-state index contributed by atoms with van der Waals surface area (Å²) in [5, 5.41) is 7.93. The monoisotopic (exact) mass is 440 g/mol. The summed E-state index contributed by atoms with van der Waals surface area (Å²) in [6, 6.07) is 11.8. The summed E-state index contributed by atoms with van der Waals surface area (Å²) < 4.78 is 21.2. The minimum Gasteiger partial charge on any atom is -0.493 e. The van der Waals surface area contributed by atoms with Gasteiger partial charge in [0.15, 0.2) is 18.1 Å². The van der Waals surface area contributed by atoms with Crippen LogP contribution in [0.25, 0.3) is 0 Å². The third-order valence-electron chi connectivity index (χ3n) is 4.78. The Morgan fingerprint density at radius 3 is 2.74 bits per heavy atom. The molecule has 1 aliphatic rings. The number of hydrogen-bond donors (Lipinski definition) is 0.